The van der Waals surface area contributed by atoms with Gasteiger partial charge in [-0.1, -0.05) is 27.7 Å². The molecule has 0 spiro atoms. The standard InChI is InChI=1S/C10H22O3S/c1-8(2)6-10(9(3)4)7-13-14(5,11)12/h8-10H,6-7H2,1-5H3. The van der Waals surface area contributed by atoms with E-state index in [1.165, 1.54) is 0 Å². The average Bonchev–Trinajstić information content (AvgIpc) is 1.94. The van der Waals surface area contributed by atoms with Crippen LogP contribution in [0.4, 0.5) is 0 Å². The third-order valence-electron chi connectivity index (χ3n) is 2.21. The van der Waals surface area contributed by atoms with Gasteiger partial charge in [-0.3, -0.25) is 4.18 Å². The summed E-state index contributed by atoms with van der Waals surface area (Å²) in [5.41, 5.74) is 0. The van der Waals surface area contributed by atoms with E-state index in [-0.39, 0.29) is 0 Å². The lowest BCUT2D eigenvalue weighted by atomic mass is 9.88. The van der Waals surface area contributed by atoms with Crippen molar-refractivity contribution in [2.24, 2.45) is 17.8 Å². The van der Waals surface area contributed by atoms with Gasteiger partial charge in [0.2, 0.25) is 0 Å². The smallest absolute Gasteiger partial charge is 0.264 e. The highest BCUT2D eigenvalue weighted by molar-refractivity contribution is 7.85. The molecule has 0 N–H and O–H groups in total. The van der Waals surface area contributed by atoms with Crippen molar-refractivity contribution in [2.75, 3.05) is 12.9 Å². The zero-order valence-electron chi connectivity index (χ0n) is 9.78. The molecule has 0 aromatic rings. The van der Waals surface area contributed by atoms with Gasteiger partial charge >= 0.3 is 0 Å². The minimum atomic E-state index is -3.29. The molecule has 0 aromatic heterocycles. The lowest BCUT2D eigenvalue weighted by Crippen LogP contribution is -2.20. The Balaban J connectivity index is 4.11. The molecule has 0 aliphatic rings. The van der Waals surface area contributed by atoms with Crippen LogP contribution in [-0.4, -0.2) is 21.3 Å². The van der Waals surface area contributed by atoms with E-state index in [9.17, 15) is 8.42 Å². The van der Waals surface area contributed by atoms with Crippen LogP contribution in [0.3, 0.4) is 0 Å². The van der Waals surface area contributed by atoms with Crippen LogP contribution in [0.25, 0.3) is 0 Å². The first-order chi connectivity index (χ1) is 6.22. The summed E-state index contributed by atoms with van der Waals surface area (Å²) < 4.78 is 26.5. The maximum atomic E-state index is 10.8. The molecule has 1 unspecified atom stereocenters. The van der Waals surface area contributed by atoms with Gasteiger partial charge in [0.05, 0.1) is 12.9 Å². The summed E-state index contributed by atoms with van der Waals surface area (Å²) in [6.07, 6.45) is 2.10. The van der Waals surface area contributed by atoms with Crippen molar-refractivity contribution in [3.63, 3.8) is 0 Å². The van der Waals surface area contributed by atoms with Crippen LogP contribution in [0.15, 0.2) is 0 Å². The van der Waals surface area contributed by atoms with E-state index < -0.39 is 10.1 Å². The molecule has 4 heteroatoms. The van der Waals surface area contributed by atoms with E-state index in [2.05, 4.69) is 27.7 Å². The summed E-state index contributed by atoms with van der Waals surface area (Å²) in [6.45, 7) is 8.78. The largest absolute Gasteiger partial charge is 0.270 e. The second kappa shape index (κ2) is 5.71. The third-order valence-corrected chi connectivity index (χ3v) is 2.78. The summed E-state index contributed by atoms with van der Waals surface area (Å²) in [7, 11) is -3.29. The summed E-state index contributed by atoms with van der Waals surface area (Å²) >= 11 is 0. The van der Waals surface area contributed by atoms with Crippen molar-refractivity contribution in [1.29, 1.82) is 0 Å². The number of hydrogen-bond donors (Lipinski definition) is 0. The Labute approximate surface area is 88.0 Å². The van der Waals surface area contributed by atoms with Crippen molar-refractivity contribution < 1.29 is 12.6 Å². The Morgan fingerprint density at radius 2 is 1.64 bits per heavy atom. The molecule has 0 aliphatic carbocycles. The maximum absolute atomic E-state index is 10.8. The van der Waals surface area contributed by atoms with Crippen LogP contribution >= 0.6 is 0 Å². The summed E-state index contributed by atoms with van der Waals surface area (Å²) in [4.78, 5) is 0. The molecule has 0 saturated heterocycles. The van der Waals surface area contributed by atoms with E-state index >= 15 is 0 Å². The Morgan fingerprint density at radius 1 is 1.14 bits per heavy atom. The lowest BCUT2D eigenvalue weighted by Gasteiger charge is -2.21. The Morgan fingerprint density at radius 3 is 1.93 bits per heavy atom. The van der Waals surface area contributed by atoms with Crippen LogP contribution in [0.2, 0.25) is 0 Å². The minimum absolute atomic E-state index is 0.314. The van der Waals surface area contributed by atoms with Gasteiger partial charge in [-0.05, 0) is 24.2 Å². The normalized spacial score (nSPS) is 15.1. The molecular weight excluding hydrogens is 200 g/mol. The average molecular weight is 222 g/mol. The predicted molar refractivity (Wildman–Crippen MR) is 58.6 cm³/mol. The Hall–Kier alpha value is -0.0900. The van der Waals surface area contributed by atoms with Crippen molar-refractivity contribution in [2.45, 2.75) is 34.1 Å². The van der Waals surface area contributed by atoms with E-state index in [0.717, 1.165) is 12.7 Å². The minimum Gasteiger partial charge on any atom is -0.270 e. The summed E-state index contributed by atoms with van der Waals surface area (Å²) in [6, 6.07) is 0. The zero-order chi connectivity index (χ0) is 11.4. The van der Waals surface area contributed by atoms with Crippen LogP contribution in [0.5, 0.6) is 0 Å². The highest BCUT2D eigenvalue weighted by Crippen LogP contribution is 2.20. The maximum Gasteiger partial charge on any atom is 0.264 e. The van der Waals surface area contributed by atoms with Crippen LogP contribution in [0, 0.1) is 17.8 Å². The zero-order valence-corrected chi connectivity index (χ0v) is 10.6. The highest BCUT2D eigenvalue weighted by atomic mass is 32.2. The Bertz CT molecular complexity index is 242. The van der Waals surface area contributed by atoms with Gasteiger partial charge in [-0.25, -0.2) is 0 Å². The highest BCUT2D eigenvalue weighted by Gasteiger charge is 2.17. The van der Waals surface area contributed by atoms with Crippen molar-refractivity contribution >= 4 is 10.1 Å². The van der Waals surface area contributed by atoms with Gasteiger partial charge < -0.3 is 0 Å². The Kier molecular flexibility index (Phi) is 5.67. The molecule has 0 aliphatic heterocycles. The van der Waals surface area contributed by atoms with Crippen LogP contribution < -0.4 is 0 Å². The van der Waals surface area contributed by atoms with E-state index in [1.54, 1.807) is 0 Å². The molecule has 0 rings (SSSR count). The van der Waals surface area contributed by atoms with Gasteiger partial charge in [0.25, 0.3) is 10.1 Å². The third kappa shape index (κ3) is 7.33. The van der Waals surface area contributed by atoms with Crippen LogP contribution in [-0.2, 0) is 14.3 Å². The fourth-order valence-electron chi connectivity index (χ4n) is 1.35. The van der Waals surface area contributed by atoms with Crippen molar-refractivity contribution in [3.05, 3.63) is 0 Å². The van der Waals surface area contributed by atoms with E-state index in [4.69, 9.17) is 4.18 Å². The van der Waals surface area contributed by atoms with Crippen molar-refractivity contribution in [1.82, 2.24) is 0 Å². The molecule has 0 radical (unpaired) electrons. The fourth-order valence-corrected chi connectivity index (χ4v) is 1.77. The van der Waals surface area contributed by atoms with Gasteiger partial charge in [-0.2, -0.15) is 8.42 Å². The molecule has 0 aromatic carbocycles. The molecule has 0 heterocycles. The molecular formula is C10H22O3S. The first-order valence-corrected chi connectivity index (χ1v) is 6.88. The van der Waals surface area contributed by atoms with Gasteiger partial charge in [0.15, 0.2) is 0 Å². The SMILES string of the molecule is CC(C)CC(COS(C)(=O)=O)C(C)C. The first kappa shape index (κ1) is 13.9. The number of hydrogen-bond acceptors (Lipinski definition) is 3. The first-order valence-electron chi connectivity index (χ1n) is 5.06. The van der Waals surface area contributed by atoms with Crippen molar-refractivity contribution in [3.8, 4) is 0 Å². The molecule has 86 valence electrons. The second-order valence-electron chi connectivity index (χ2n) is 4.62. The molecule has 0 fully saturated rings. The monoisotopic (exact) mass is 222 g/mol. The van der Waals surface area contributed by atoms with E-state index in [0.29, 0.717) is 24.4 Å². The molecule has 0 amide bonds. The number of rotatable bonds is 6. The molecule has 14 heavy (non-hydrogen) atoms. The quantitative estimate of drug-likeness (QED) is 0.648. The second-order valence-corrected chi connectivity index (χ2v) is 6.27. The topological polar surface area (TPSA) is 43.4 Å². The fraction of sp³-hybridized carbons (Fsp3) is 1.00. The van der Waals surface area contributed by atoms with Crippen LogP contribution in [0.1, 0.15) is 34.1 Å². The van der Waals surface area contributed by atoms with Gasteiger partial charge in [0.1, 0.15) is 0 Å². The molecule has 1 atom stereocenters. The van der Waals surface area contributed by atoms with Gasteiger partial charge in [-0.15, -0.1) is 0 Å². The molecule has 0 bridgehead atoms. The lowest BCUT2D eigenvalue weighted by molar-refractivity contribution is 0.192. The predicted octanol–water partition coefficient (Wildman–Crippen LogP) is 2.28. The molecule has 3 nitrogen and oxygen atoms in total. The van der Waals surface area contributed by atoms with Gasteiger partial charge in [0, 0.05) is 0 Å². The summed E-state index contributed by atoms with van der Waals surface area (Å²) in [5, 5.41) is 0. The van der Waals surface area contributed by atoms with E-state index in [1.807, 2.05) is 0 Å². The molecule has 0 saturated carbocycles. The summed E-state index contributed by atoms with van der Waals surface area (Å²) in [5.74, 6) is 1.36.